The summed E-state index contributed by atoms with van der Waals surface area (Å²) in [6.45, 7) is 0. The van der Waals surface area contributed by atoms with Gasteiger partial charge in [-0.2, -0.15) is 5.10 Å². The van der Waals surface area contributed by atoms with E-state index in [1.807, 2.05) is 24.3 Å². The van der Waals surface area contributed by atoms with Crippen LogP contribution in [0.3, 0.4) is 0 Å². The molecule has 3 aromatic rings. The van der Waals surface area contributed by atoms with Crippen molar-refractivity contribution in [2.45, 2.75) is 0 Å². The average Bonchev–Trinajstić information content (AvgIpc) is 2.91. The number of nitrogens with zero attached hydrogens (tertiary/aromatic N) is 3. The Balaban J connectivity index is 1.80. The van der Waals surface area contributed by atoms with E-state index in [-0.39, 0.29) is 11.3 Å². The van der Waals surface area contributed by atoms with Crippen LogP contribution < -0.4 is 5.43 Å². The highest BCUT2D eigenvalue weighted by Crippen LogP contribution is 2.27. The molecule has 0 saturated carbocycles. The van der Waals surface area contributed by atoms with Crippen LogP contribution in [-0.2, 0) is 0 Å². The second-order valence-electron chi connectivity index (χ2n) is 4.44. The van der Waals surface area contributed by atoms with Crippen molar-refractivity contribution >= 4 is 28.9 Å². The van der Waals surface area contributed by atoms with Crippen LogP contribution in [0, 0.1) is 10.1 Å². The zero-order valence-electron chi connectivity index (χ0n) is 11.2. The van der Waals surface area contributed by atoms with E-state index in [2.05, 4.69) is 20.5 Å². The molecule has 0 bridgehead atoms. The highest BCUT2D eigenvalue weighted by molar-refractivity contribution is 5.86. The fourth-order valence-corrected chi connectivity index (χ4v) is 1.97. The van der Waals surface area contributed by atoms with E-state index in [9.17, 15) is 15.2 Å². The predicted molar refractivity (Wildman–Crippen MR) is 82.1 cm³/mol. The number of aromatic hydroxyl groups is 1. The number of nitro benzene ring substituents is 1. The first-order valence-electron chi connectivity index (χ1n) is 6.35. The number of benzene rings is 2. The van der Waals surface area contributed by atoms with Gasteiger partial charge in [0.2, 0.25) is 11.7 Å². The monoisotopic (exact) mass is 297 g/mol. The maximum atomic E-state index is 10.7. The predicted octanol–water partition coefficient (Wildman–Crippen LogP) is 2.62. The third-order valence-electron chi connectivity index (χ3n) is 3.01. The second kappa shape index (κ2) is 5.52. The van der Waals surface area contributed by atoms with Crippen molar-refractivity contribution < 1.29 is 10.0 Å². The molecule has 3 N–H and O–H groups in total. The molecule has 110 valence electrons. The lowest BCUT2D eigenvalue weighted by Crippen LogP contribution is -1.95. The van der Waals surface area contributed by atoms with E-state index in [0.717, 1.165) is 11.0 Å². The second-order valence-corrected chi connectivity index (χ2v) is 4.44. The van der Waals surface area contributed by atoms with Crippen LogP contribution in [0.2, 0.25) is 0 Å². The van der Waals surface area contributed by atoms with Crippen molar-refractivity contribution in [1.29, 1.82) is 0 Å². The van der Waals surface area contributed by atoms with Gasteiger partial charge in [-0.1, -0.05) is 18.2 Å². The van der Waals surface area contributed by atoms with Crippen LogP contribution in [0.1, 0.15) is 5.56 Å². The minimum atomic E-state index is -0.653. The minimum Gasteiger partial charge on any atom is -0.502 e. The molecule has 8 nitrogen and oxygen atoms in total. The van der Waals surface area contributed by atoms with E-state index < -0.39 is 10.7 Å². The zero-order valence-corrected chi connectivity index (χ0v) is 11.2. The van der Waals surface area contributed by atoms with Gasteiger partial charge in [0.15, 0.2) is 0 Å². The van der Waals surface area contributed by atoms with Crippen molar-refractivity contribution in [1.82, 2.24) is 9.97 Å². The molecule has 0 unspecified atom stereocenters. The molecule has 2 aromatic carbocycles. The van der Waals surface area contributed by atoms with Gasteiger partial charge in [0, 0.05) is 11.6 Å². The van der Waals surface area contributed by atoms with Crippen LogP contribution in [0.5, 0.6) is 5.75 Å². The van der Waals surface area contributed by atoms with Crippen LogP contribution >= 0.6 is 0 Å². The van der Waals surface area contributed by atoms with Crippen molar-refractivity contribution in [2.24, 2.45) is 5.10 Å². The number of anilines is 1. The fourth-order valence-electron chi connectivity index (χ4n) is 1.97. The first-order chi connectivity index (χ1) is 10.6. The summed E-state index contributed by atoms with van der Waals surface area (Å²) < 4.78 is 0. The van der Waals surface area contributed by atoms with Gasteiger partial charge < -0.3 is 10.1 Å². The van der Waals surface area contributed by atoms with E-state index in [4.69, 9.17) is 0 Å². The highest BCUT2D eigenvalue weighted by Gasteiger charge is 2.14. The maximum absolute atomic E-state index is 10.7. The van der Waals surface area contributed by atoms with Crippen molar-refractivity contribution in [3.8, 4) is 5.75 Å². The Morgan fingerprint density at radius 2 is 2.09 bits per heavy atom. The molecule has 0 aliphatic rings. The summed E-state index contributed by atoms with van der Waals surface area (Å²) in [5.41, 5.74) is 4.20. The number of nitro groups is 1. The van der Waals surface area contributed by atoms with Gasteiger partial charge in [-0.3, -0.25) is 10.1 Å². The molecule has 0 radical (unpaired) electrons. The number of rotatable bonds is 4. The van der Waals surface area contributed by atoms with Crippen molar-refractivity contribution in [3.63, 3.8) is 0 Å². The number of nitrogens with one attached hydrogen (secondary N) is 2. The topological polar surface area (TPSA) is 116 Å². The number of phenolic OH excluding ortho intramolecular Hbond substituents is 1. The Bertz CT molecular complexity index is 839. The van der Waals surface area contributed by atoms with Crippen molar-refractivity contribution in [3.05, 3.63) is 58.1 Å². The number of imidazole rings is 1. The average molecular weight is 297 g/mol. The molecular weight excluding hydrogens is 286 g/mol. The molecule has 8 heteroatoms. The lowest BCUT2D eigenvalue weighted by atomic mass is 10.2. The largest absolute Gasteiger partial charge is 0.502 e. The van der Waals surface area contributed by atoms with Gasteiger partial charge in [-0.15, -0.1) is 0 Å². The Kier molecular flexibility index (Phi) is 3.40. The Hall–Kier alpha value is -3.42. The summed E-state index contributed by atoms with van der Waals surface area (Å²) in [5.74, 6) is 0.00465. The Morgan fingerprint density at radius 3 is 2.86 bits per heavy atom. The summed E-state index contributed by atoms with van der Waals surface area (Å²) in [6, 6.07) is 11.7. The third kappa shape index (κ3) is 2.57. The lowest BCUT2D eigenvalue weighted by molar-refractivity contribution is -0.385. The number of H-pyrrole nitrogens is 1. The quantitative estimate of drug-likeness (QED) is 0.389. The van der Waals surface area contributed by atoms with Crippen molar-refractivity contribution in [2.75, 3.05) is 5.43 Å². The molecular formula is C14H11N5O3. The molecule has 0 amide bonds. The highest BCUT2D eigenvalue weighted by atomic mass is 16.6. The number of fused-ring (bicyclic) bond motifs is 1. The van der Waals surface area contributed by atoms with Gasteiger partial charge in [-0.25, -0.2) is 10.4 Å². The summed E-state index contributed by atoms with van der Waals surface area (Å²) in [7, 11) is 0. The molecule has 3 rings (SSSR count). The molecule has 0 fully saturated rings. The molecule has 22 heavy (non-hydrogen) atoms. The SMILES string of the molecule is O=[N+]([O-])c1cccc(/C=N\Nc2nc3ccccc3[nH]2)c1O. The number of aromatic amines is 1. The van der Waals surface area contributed by atoms with E-state index in [1.165, 1.54) is 24.4 Å². The number of phenols is 1. The van der Waals surface area contributed by atoms with Gasteiger partial charge in [0.1, 0.15) is 0 Å². The van der Waals surface area contributed by atoms with Crippen LogP contribution in [0.4, 0.5) is 11.6 Å². The van der Waals surface area contributed by atoms with E-state index in [0.29, 0.717) is 5.95 Å². The first-order valence-corrected chi connectivity index (χ1v) is 6.35. The fraction of sp³-hybridized carbons (Fsp3) is 0. The van der Waals surface area contributed by atoms with E-state index in [1.54, 1.807) is 0 Å². The summed E-state index contributed by atoms with van der Waals surface area (Å²) in [4.78, 5) is 17.4. The molecule has 0 saturated heterocycles. The zero-order chi connectivity index (χ0) is 15.5. The van der Waals surface area contributed by atoms with Gasteiger partial charge in [0.05, 0.1) is 22.2 Å². The van der Waals surface area contributed by atoms with Crippen LogP contribution in [0.25, 0.3) is 11.0 Å². The Labute approximate surface area is 124 Å². The number of hydrazone groups is 1. The first kappa shape index (κ1) is 13.6. The molecule has 0 spiro atoms. The Morgan fingerprint density at radius 1 is 1.27 bits per heavy atom. The van der Waals surface area contributed by atoms with E-state index >= 15 is 0 Å². The normalized spacial score (nSPS) is 11.1. The third-order valence-corrected chi connectivity index (χ3v) is 3.01. The standard InChI is InChI=1S/C14H11N5O3/c20-13-9(4-3-7-12(13)19(21)22)8-15-18-14-16-10-5-1-2-6-11(10)17-14/h1-8,20H,(H2,16,17,18)/b15-8-. The summed E-state index contributed by atoms with van der Waals surface area (Å²) in [6.07, 6.45) is 1.29. The number of para-hydroxylation sites is 3. The maximum Gasteiger partial charge on any atom is 0.311 e. The number of hydrogen-bond donors (Lipinski definition) is 3. The molecule has 1 heterocycles. The summed E-state index contributed by atoms with van der Waals surface area (Å²) >= 11 is 0. The molecule has 0 aliphatic heterocycles. The van der Waals surface area contributed by atoms with Gasteiger partial charge >= 0.3 is 5.69 Å². The molecule has 0 atom stereocenters. The van der Waals surface area contributed by atoms with Crippen LogP contribution in [-0.4, -0.2) is 26.2 Å². The summed E-state index contributed by atoms with van der Waals surface area (Å²) in [5, 5.41) is 24.4. The van der Waals surface area contributed by atoms with Crippen LogP contribution in [0.15, 0.2) is 47.6 Å². The lowest BCUT2D eigenvalue weighted by Gasteiger charge is -1.99. The minimum absolute atomic E-state index is 0.234. The molecule has 1 aromatic heterocycles. The number of aromatic nitrogens is 2. The number of hydrogen-bond acceptors (Lipinski definition) is 6. The van der Waals surface area contributed by atoms with Gasteiger partial charge in [0.25, 0.3) is 0 Å². The smallest absolute Gasteiger partial charge is 0.311 e. The molecule has 0 aliphatic carbocycles. The van der Waals surface area contributed by atoms with Gasteiger partial charge in [-0.05, 0) is 18.2 Å².